The van der Waals surface area contributed by atoms with Gasteiger partial charge in [0.25, 0.3) is 0 Å². The van der Waals surface area contributed by atoms with E-state index in [2.05, 4.69) is 36.3 Å². The number of nitrogens with zero attached hydrogens (tertiary/aromatic N) is 1. The summed E-state index contributed by atoms with van der Waals surface area (Å²) in [6, 6.07) is 14.6. The van der Waals surface area contributed by atoms with Crippen LogP contribution in [0.1, 0.15) is 19.6 Å². The number of nitrogens with one attached hydrogen (secondary N) is 1. The first-order valence-corrected chi connectivity index (χ1v) is 6.90. The average molecular weight is 266 g/mol. The van der Waals surface area contributed by atoms with Crippen LogP contribution in [0.15, 0.2) is 53.1 Å². The van der Waals surface area contributed by atoms with Crippen LogP contribution < -0.4 is 5.32 Å². The summed E-state index contributed by atoms with van der Waals surface area (Å²) in [5.41, 5.74) is 2.08. The van der Waals surface area contributed by atoms with Gasteiger partial charge in [-0.2, -0.15) is 0 Å². The normalized spacial score (nSPS) is 11.3. The Labute approximate surface area is 118 Å². The van der Waals surface area contributed by atoms with Crippen LogP contribution in [0.25, 0.3) is 22.2 Å². The molecule has 2 heterocycles. The van der Waals surface area contributed by atoms with E-state index < -0.39 is 0 Å². The van der Waals surface area contributed by atoms with Crippen LogP contribution in [0.2, 0.25) is 0 Å². The molecule has 20 heavy (non-hydrogen) atoms. The fourth-order valence-corrected chi connectivity index (χ4v) is 2.24. The Morgan fingerprint density at radius 3 is 2.85 bits per heavy atom. The number of rotatable bonds is 4. The molecular weight excluding hydrogens is 248 g/mol. The maximum absolute atomic E-state index is 5.94. The molecule has 0 saturated heterocycles. The molecule has 3 rings (SSSR count). The fourth-order valence-electron chi connectivity index (χ4n) is 2.24. The van der Waals surface area contributed by atoms with Gasteiger partial charge in [-0.3, -0.25) is 4.98 Å². The van der Waals surface area contributed by atoms with Crippen molar-refractivity contribution in [1.82, 2.24) is 10.3 Å². The highest BCUT2D eigenvalue weighted by Gasteiger charge is 2.08. The Kier molecular flexibility index (Phi) is 3.52. The lowest BCUT2D eigenvalue weighted by Crippen LogP contribution is -2.21. The van der Waals surface area contributed by atoms with Crippen LogP contribution in [0.3, 0.4) is 0 Å². The lowest BCUT2D eigenvalue weighted by Gasteiger charge is -2.06. The Morgan fingerprint density at radius 1 is 1.10 bits per heavy atom. The van der Waals surface area contributed by atoms with Crippen molar-refractivity contribution in [3.63, 3.8) is 0 Å². The van der Waals surface area contributed by atoms with Gasteiger partial charge in [-0.05, 0) is 24.3 Å². The Morgan fingerprint density at radius 2 is 2.00 bits per heavy atom. The van der Waals surface area contributed by atoms with Crippen LogP contribution in [0.4, 0.5) is 0 Å². The number of hydrogen-bond acceptors (Lipinski definition) is 3. The maximum Gasteiger partial charge on any atom is 0.135 e. The van der Waals surface area contributed by atoms with E-state index in [-0.39, 0.29) is 0 Å². The van der Waals surface area contributed by atoms with Gasteiger partial charge in [-0.25, -0.2) is 0 Å². The quantitative estimate of drug-likeness (QED) is 0.775. The molecule has 2 aromatic heterocycles. The van der Waals surface area contributed by atoms with Gasteiger partial charge < -0.3 is 9.73 Å². The van der Waals surface area contributed by atoms with Gasteiger partial charge >= 0.3 is 0 Å². The fraction of sp³-hybridized carbons (Fsp3) is 0.235. The molecule has 102 valence electrons. The molecule has 3 aromatic rings. The lowest BCUT2D eigenvalue weighted by molar-refractivity contribution is 0.473. The number of hydrogen-bond donors (Lipinski definition) is 1. The van der Waals surface area contributed by atoms with Crippen LogP contribution in [0.5, 0.6) is 0 Å². The predicted molar refractivity (Wildman–Crippen MR) is 81.4 cm³/mol. The Bertz CT molecular complexity index is 710. The highest BCUT2D eigenvalue weighted by atomic mass is 16.3. The minimum Gasteiger partial charge on any atom is -0.460 e. The molecule has 3 nitrogen and oxygen atoms in total. The molecular formula is C17H18N2O. The third-order valence-corrected chi connectivity index (χ3v) is 3.26. The van der Waals surface area contributed by atoms with Gasteiger partial charge in [0.2, 0.25) is 0 Å². The van der Waals surface area contributed by atoms with Crippen molar-refractivity contribution in [2.24, 2.45) is 0 Å². The Hall–Kier alpha value is -2.13. The third kappa shape index (κ3) is 2.58. The smallest absolute Gasteiger partial charge is 0.135 e. The van der Waals surface area contributed by atoms with E-state index in [0.29, 0.717) is 6.04 Å². The van der Waals surface area contributed by atoms with Crippen molar-refractivity contribution in [2.45, 2.75) is 26.4 Å². The molecule has 0 atom stereocenters. The minimum atomic E-state index is 0.449. The summed E-state index contributed by atoms with van der Waals surface area (Å²) in [4.78, 5) is 4.38. The monoisotopic (exact) mass is 266 g/mol. The van der Waals surface area contributed by atoms with Gasteiger partial charge in [0.15, 0.2) is 0 Å². The second-order valence-corrected chi connectivity index (χ2v) is 5.18. The number of benzene rings is 1. The molecule has 0 amide bonds. The van der Waals surface area contributed by atoms with E-state index in [4.69, 9.17) is 4.42 Å². The van der Waals surface area contributed by atoms with Crippen molar-refractivity contribution < 1.29 is 4.42 Å². The molecule has 3 heteroatoms. The zero-order chi connectivity index (χ0) is 13.9. The van der Waals surface area contributed by atoms with Gasteiger partial charge in [-0.15, -0.1) is 0 Å². The van der Waals surface area contributed by atoms with Crippen molar-refractivity contribution >= 4 is 10.9 Å². The molecule has 0 bridgehead atoms. The topological polar surface area (TPSA) is 38.1 Å². The van der Waals surface area contributed by atoms with Gasteiger partial charge in [0, 0.05) is 23.2 Å². The van der Waals surface area contributed by atoms with E-state index in [1.165, 1.54) is 0 Å². The first-order chi connectivity index (χ1) is 9.74. The van der Waals surface area contributed by atoms with E-state index in [9.17, 15) is 0 Å². The van der Waals surface area contributed by atoms with Crippen molar-refractivity contribution in [3.05, 3.63) is 54.4 Å². The number of furan rings is 1. The molecule has 0 unspecified atom stereocenters. The van der Waals surface area contributed by atoms with E-state index in [1.807, 2.05) is 36.5 Å². The zero-order valence-electron chi connectivity index (χ0n) is 11.8. The largest absolute Gasteiger partial charge is 0.460 e. The molecule has 0 aliphatic heterocycles. The first-order valence-electron chi connectivity index (χ1n) is 6.90. The summed E-state index contributed by atoms with van der Waals surface area (Å²) in [6.45, 7) is 5.00. The molecule has 0 fully saturated rings. The van der Waals surface area contributed by atoms with E-state index in [0.717, 1.165) is 34.5 Å². The zero-order valence-corrected chi connectivity index (χ0v) is 11.8. The van der Waals surface area contributed by atoms with Crippen molar-refractivity contribution in [2.75, 3.05) is 0 Å². The van der Waals surface area contributed by atoms with Gasteiger partial charge in [0.05, 0.1) is 12.1 Å². The summed E-state index contributed by atoms with van der Waals surface area (Å²) in [6.07, 6.45) is 1.81. The summed E-state index contributed by atoms with van der Waals surface area (Å²) >= 11 is 0. The summed E-state index contributed by atoms with van der Waals surface area (Å²) in [5, 5.41) is 4.48. The SMILES string of the molecule is CC(C)NCc1ccc(-c2cccc3ncccc23)o1. The van der Waals surface area contributed by atoms with Crippen LogP contribution in [-0.2, 0) is 6.54 Å². The molecule has 1 aromatic carbocycles. The number of fused-ring (bicyclic) bond motifs is 1. The summed E-state index contributed by atoms with van der Waals surface area (Å²) < 4.78 is 5.94. The predicted octanol–water partition coefficient (Wildman–Crippen LogP) is 3.99. The molecule has 0 aliphatic rings. The molecule has 0 saturated carbocycles. The second kappa shape index (κ2) is 5.47. The minimum absolute atomic E-state index is 0.449. The molecule has 0 spiro atoms. The molecule has 0 radical (unpaired) electrons. The third-order valence-electron chi connectivity index (χ3n) is 3.26. The second-order valence-electron chi connectivity index (χ2n) is 5.18. The highest BCUT2D eigenvalue weighted by molar-refractivity contribution is 5.93. The van der Waals surface area contributed by atoms with E-state index in [1.54, 1.807) is 0 Å². The standard InChI is InChI=1S/C17H18N2O/c1-12(2)19-11-13-8-9-17(20-13)15-5-3-7-16-14(15)6-4-10-18-16/h3-10,12,19H,11H2,1-2H3. The number of pyridine rings is 1. The van der Waals surface area contributed by atoms with Gasteiger partial charge in [0.1, 0.15) is 11.5 Å². The van der Waals surface area contributed by atoms with Crippen molar-refractivity contribution in [1.29, 1.82) is 0 Å². The highest BCUT2D eigenvalue weighted by Crippen LogP contribution is 2.29. The van der Waals surface area contributed by atoms with Crippen LogP contribution in [-0.4, -0.2) is 11.0 Å². The van der Waals surface area contributed by atoms with E-state index >= 15 is 0 Å². The van der Waals surface area contributed by atoms with Crippen LogP contribution in [0, 0.1) is 0 Å². The maximum atomic E-state index is 5.94. The summed E-state index contributed by atoms with van der Waals surface area (Å²) in [5.74, 6) is 1.85. The van der Waals surface area contributed by atoms with Crippen molar-refractivity contribution in [3.8, 4) is 11.3 Å². The van der Waals surface area contributed by atoms with Crippen LogP contribution >= 0.6 is 0 Å². The Balaban J connectivity index is 1.95. The molecule has 1 N–H and O–H groups in total. The molecule has 0 aliphatic carbocycles. The summed E-state index contributed by atoms with van der Waals surface area (Å²) in [7, 11) is 0. The lowest BCUT2D eigenvalue weighted by atomic mass is 10.1. The van der Waals surface area contributed by atoms with Gasteiger partial charge in [-0.1, -0.05) is 32.0 Å². The average Bonchev–Trinajstić information content (AvgIpc) is 2.93. The first kappa shape index (κ1) is 12.9. The number of aromatic nitrogens is 1.